The number of nitrogens with zero attached hydrogens (tertiary/aromatic N) is 3. The molecule has 0 saturated heterocycles. The summed E-state index contributed by atoms with van der Waals surface area (Å²) in [6.45, 7) is 4.62. The van der Waals surface area contributed by atoms with E-state index in [0.717, 1.165) is 10.8 Å². The van der Waals surface area contributed by atoms with Gasteiger partial charge in [0, 0.05) is 29.5 Å². The summed E-state index contributed by atoms with van der Waals surface area (Å²) in [7, 11) is 0. The van der Waals surface area contributed by atoms with E-state index in [0.29, 0.717) is 18.2 Å². The van der Waals surface area contributed by atoms with Crippen molar-refractivity contribution in [3.8, 4) is 0 Å². The number of thiazole rings is 1. The third-order valence-corrected chi connectivity index (χ3v) is 4.65. The average molecular weight is 317 g/mol. The normalized spacial score (nSPS) is 15.4. The molecule has 1 aliphatic carbocycles. The van der Waals surface area contributed by atoms with Crippen LogP contribution in [-0.2, 0) is 0 Å². The third-order valence-electron chi connectivity index (χ3n) is 3.50. The van der Waals surface area contributed by atoms with Crippen LogP contribution in [-0.4, -0.2) is 27.5 Å². The zero-order valence-electron chi connectivity index (χ0n) is 12.7. The van der Waals surface area contributed by atoms with E-state index in [1.54, 1.807) is 23.7 Å². The topological polar surface area (TPSA) is 79.8 Å². The van der Waals surface area contributed by atoms with Crippen LogP contribution in [0.15, 0.2) is 18.6 Å². The van der Waals surface area contributed by atoms with Crippen LogP contribution < -0.4 is 10.6 Å². The highest BCUT2D eigenvalue weighted by molar-refractivity contribution is 7.11. The van der Waals surface area contributed by atoms with E-state index in [9.17, 15) is 4.79 Å². The summed E-state index contributed by atoms with van der Waals surface area (Å²) >= 11 is 1.66. The fourth-order valence-electron chi connectivity index (χ4n) is 2.06. The van der Waals surface area contributed by atoms with E-state index in [1.165, 1.54) is 17.7 Å². The van der Waals surface area contributed by atoms with Crippen LogP contribution in [0.4, 0.5) is 10.5 Å². The zero-order valence-corrected chi connectivity index (χ0v) is 13.5. The average Bonchev–Trinajstić information content (AvgIpc) is 3.27. The molecule has 2 N–H and O–H groups in total. The maximum atomic E-state index is 11.9. The Morgan fingerprint density at radius 3 is 2.64 bits per heavy atom. The molecule has 2 heterocycles. The Kier molecular flexibility index (Phi) is 4.33. The predicted octanol–water partition coefficient (Wildman–Crippen LogP) is 3.04. The number of aromatic nitrogens is 3. The molecule has 0 radical (unpaired) electrons. The third kappa shape index (κ3) is 3.79. The molecular weight excluding hydrogens is 298 g/mol. The number of amides is 2. The second-order valence-corrected chi connectivity index (χ2v) is 6.92. The summed E-state index contributed by atoms with van der Waals surface area (Å²) < 4.78 is 0. The van der Waals surface area contributed by atoms with Crippen molar-refractivity contribution in [2.45, 2.75) is 38.5 Å². The Hall–Kier alpha value is -2.02. The zero-order chi connectivity index (χ0) is 15.5. The summed E-state index contributed by atoms with van der Waals surface area (Å²) in [6, 6.07) is -0.247. The molecule has 22 heavy (non-hydrogen) atoms. The molecular formula is C15H19N5OS. The van der Waals surface area contributed by atoms with Gasteiger partial charge in [-0.2, -0.15) is 0 Å². The summed E-state index contributed by atoms with van der Waals surface area (Å²) in [6.07, 6.45) is 7.51. The van der Waals surface area contributed by atoms with Crippen LogP contribution in [0.2, 0.25) is 0 Å². The van der Waals surface area contributed by atoms with Crippen molar-refractivity contribution in [1.82, 2.24) is 20.3 Å². The van der Waals surface area contributed by atoms with Gasteiger partial charge in [0.2, 0.25) is 0 Å². The first-order chi connectivity index (χ1) is 10.6. The molecule has 1 aliphatic rings. The molecule has 0 spiro atoms. The molecule has 2 amide bonds. The molecule has 3 rings (SSSR count). The Bertz CT molecular complexity index is 650. The van der Waals surface area contributed by atoms with Crippen molar-refractivity contribution >= 4 is 23.1 Å². The molecule has 2 aromatic heterocycles. The van der Waals surface area contributed by atoms with Crippen LogP contribution in [0.5, 0.6) is 0 Å². The van der Waals surface area contributed by atoms with Crippen LogP contribution in [0.3, 0.4) is 0 Å². The van der Waals surface area contributed by atoms with Gasteiger partial charge >= 0.3 is 6.03 Å². The first-order valence-corrected chi connectivity index (χ1v) is 8.22. The highest BCUT2D eigenvalue weighted by Gasteiger charge is 2.26. The number of hydrogen-bond donors (Lipinski definition) is 2. The molecule has 2 aromatic rings. The molecule has 1 unspecified atom stereocenters. The second-order valence-electron chi connectivity index (χ2n) is 5.65. The molecule has 0 aliphatic heterocycles. The number of hydrogen-bond acceptors (Lipinski definition) is 5. The predicted molar refractivity (Wildman–Crippen MR) is 86.3 cm³/mol. The maximum Gasteiger partial charge on any atom is 0.319 e. The SMILES string of the molecule is Cc1cnc(C(C)CNC(=O)Nc2cnc(C3CC3)nc2)s1. The summed E-state index contributed by atoms with van der Waals surface area (Å²) in [5.41, 5.74) is 0.611. The number of aryl methyl sites for hydroxylation is 1. The summed E-state index contributed by atoms with van der Waals surface area (Å²) in [4.78, 5) is 26.0. The van der Waals surface area contributed by atoms with Gasteiger partial charge in [0.1, 0.15) is 5.82 Å². The van der Waals surface area contributed by atoms with Gasteiger partial charge < -0.3 is 10.6 Å². The molecule has 6 nitrogen and oxygen atoms in total. The lowest BCUT2D eigenvalue weighted by atomic mass is 10.2. The minimum absolute atomic E-state index is 0.193. The van der Waals surface area contributed by atoms with E-state index in [2.05, 4.69) is 25.6 Å². The smallest absolute Gasteiger partial charge is 0.319 e. The number of rotatable bonds is 5. The molecule has 1 atom stereocenters. The van der Waals surface area contributed by atoms with Crippen LogP contribution >= 0.6 is 11.3 Å². The minimum Gasteiger partial charge on any atom is -0.337 e. The standard InChI is InChI=1S/C15H19N5OS/c1-9(14-18-6-10(2)22-14)5-19-15(21)20-12-7-16-13(17-8-12)11-3-4-11/h6-9,11H,3-5H2,1-2H3,(H2,19,20,21). The van der Waals surface area contributed by atoms with Crippen molar-refractivity contribution in [2.75, 3.05) is 11.9 Å². The van der Waals surface area contributed by atoms with Gasteiger partial charge in [0.05, 0.1) is 23.1 Å². The lowest BCUT2D eigenvalue weighted by Gasteiger charge is -2.11. The molecule has 116 valence electrons. The molecule has 0 aromatic carbocycles. The molecule has 7 heteroatoms. The summed E-state index contributed by atoms with van der Waals surface area (Å²) in [5, 5.41) is 6.63. The van der Waals surface area contributed by atoms with Crippen molar-refractivity contribution < 1.29 is 4.79 Å². The first kappa shape index (κ1) is 14.9. The lowest BCUT2D eigenvalue weighted by Crippen LogP contribution is -2.31. The highest BCUT2D eigenvalue weighted by atomic mass is 32.1. The second kappa shape index (κ2) is 6.39. The summed E-state index contributed by atoms with van der Waals surface area (Å²) in [5.74, 6) is 1.59. The van der Waals surface area contributed by atoms with Crippen molar-refractivity contribution in [3.63, 3.8) is 0 Å². The first-order valence-electron chi connectivity index (χ1n) is 7.41. The van der Waals surface area contributed by atoms with E-state index >= 15 is 0 Å². The van der Waals surface area contributed by atoms with Gasteiger partial charge in [-0.05, 0) is 19.8 Å². The van der Waals surface area contributed by atoms with Crippen molar-refractivity contribution in [1.29, 1.82) is 0 Å². The largest absolute Gasteiger partial charge is 0.337 e. The Morgan fingerprint density at radius 1 is 1.32 bits per heavy atom. The number of nitrogens with one attached hydrogen (secondary N) is 2. The van der Waals surface area contributed by atoms with Gasteiger partial charge in [0.15, 0.2) is 0 Å². The number of urea groups is 1. The van der Waals surface area contributed by atoms with Gasteiger partial charge in [-0.3, -0.25) is 0 Å². The minimum atomic E-state index is -0.247. The van der Waals surface area contributed by atoms with Gasteiger partial charge in [-0.1, -0.05) is 6.92 Å². The number of carbonyl (C=O) groups is 1. The number of anilines is 1. The van der Waals surface area contributed by atoms with Crippen LogP contribution in [0, 0.1) is 6.92 Å². The Labute approximate surface area is 133 Å². The Morgan fingerprint density at radius 2 is 2.05 bits per heavy atom. The maximum absolute atomic E-state index is 11.9. The molecule has 0 bridgehead atoms. The van der Waals surface area contributed by atoms with E-state index in [4.69, 9.17) is 0 Å². The van der Waals surface area contributed by atoms with Gasteiger partial charge in [-0.25, -0.2) is 19.7 Å². The monoisotopic (exact) mass is 317 g/mol. The van der Waals surface area contributed by atoms with Crippen molar-refractivity contribution in [2.24, 2.45) is 0 Å². The van der Waals surface area contributed by atoms with E-state index in [-0.39, 0.29) is 11.9 Å². The van der Waals surface area contributed by atoms with E-state index < -0.39 is 0 Å². The Balaban J connectivity index is 1.47. The van der Waals surface area contributed by atoms with Crippen LogP contribution in [0.1, 0.15) is 47.3 Å². The lowest BCUT2D eigenvalue weighted by molar-refractivity contribution is 0.251. The fraction of sp³-hybridized carbons (Fsp3) is 0.467. The van der Waals surface area contributed by atoms with E-state index in [1.807, 2.05) is 20.0 Å². The quantitative estimate of drug-likeness (QED) is 0.888. The van der Waals surface area contributed by atoms with Crippen LogP contribution in [0.25, 0.3) is 0 Å². The molecule has 1 fully saturated rings. The highest BCUT2D eigenvalue weighted by Crippen LogP contribution is 2.37. The van der Waals surface area contributed by atoms with Crippen molar-refractivity contribution in [3.05, 3.63) is 34.3 Å². The molecule has 1 saturated carbocycles. The fourth-order valence-corrected chi connectivity index (χ4v) is 2.89. The van der Waals surface area contributed by atoms with Gasteiger partial charge in [-0.15, -0.1) is 11.3 Å². The van der Waals surface area contributed by atoms with Gasteiger partial charge in [0.25, 0.3) is 0 Å². The number of carbonyl (C=O) groups excluding carboxylic acids is 1.